The van der Waals surface area contributed by atoms with Crippen molar-refractivity contribution in [2.75, 3.05) is 7.05 Å². The third kappa shape index (κ3) is 4.40. The lowest BCUT2D eigenvalue weighted by Crippen LogP contribution is -2.53. The molecule has 3 nitrogen and oxygen atoms in total. The number of carbonyl (C=O) groups is 1. The Kier molecular flexibility index (Phi) is 6.95. The maximum atomic E-state index is 12.2. The molecule has 0 radical (unpaired) electrons. The molecule has 17 heavy (non-hydrogen) atoms. The van der Waals surface area contributed by atoms with Crippen molar-refractivity contribution in [1.29, 1.82) is 0 Å². The fraction of sp³-hybridized carbons (Fsp3) is 0.929. The molecule has 0 rings (SSSR count). The van der Waals surface area contributed by atoms with E-state index in [0.29, 0.717) is 0 Å². The van der Waals surface area contributed by atoms with Gasteiger partial charge in [-0.05, 0) is 26.8 Å². The maximum absolute atomic E-state index is 12.2. The summed E-state index contributed by atoms with van der Waals surface area (Å²) in [6.45, 7) is 11.9. The molecule has 0 aliphatic rings. The maximum Gasteiger partial charge on any atom is 0.155 e. The van der Waals surface area contributed by atoms with E-state index < -0.39 is 6.10 Å². The second-order valence-electron chi connectivity index (χ2n) is 5.64. The topological polar surface area (TPSA) is 40.5 Å². The number of rotatable bonds is 7. The van der Waals surface area contributed by atoms with Crippen molar-refractivity contribution in [3.8, 4) is 0 Å². The Hall–Kier alpha value is -0.410. The van der Waals surface area contributed by atoms with Crippen LogP contribution in [0, 0.1) is 11.8 Å². The van der Waals surface area contributed by atoms with Gasteiger partial charge in [0, 0.05) is 12.0 Å². The Morgan fingerprint density at radius 1 is 1.18 bits per heavy atom. The molecule has 1 unspecified atom stereocenters. The summed E-state index contributed by atoms with van der Waals surface area (Å²) in [5, 5.41) is 10.4. The monoisotopic (exact) mass is 243 g/mol. The van der Waals surface area contributed by atoms with Crippen molar-refractivity contribution in [3.63, 3.8) is 0 Å². The summed E-state index contributed by atoms with van der Waals surface area (Å²) in [5.41, 5.74) is 0. The van der Waals surface area contributed by atoms with Gasteiger partial charge in [0.2, 0.25) is 0 Å². The summed E-state index contributed by atoms with van der Waals surface area (Å²) in [7, 11) is 1.92. The van der Waals surface area contributed by atoms with Crippen molar-refractivity contribution in [2.45, 2.75) is 66.2 Å². The first-order valence-electron chi connectivity index (χ1n) is 6.67. The first-order chi connectivity index (χ1) is 7.73. The third-order valence-electron chi connectivity index (χ3n) is 3.66. The summed E-state index contributed by atoms with van der Waals surface area (Å²) in [6, 6.07) is -0.133. The van der Waals surface area contributed by atoms with Crippen LogP contribution in [-0.2, 0) is 4.79 Å². The SMILES string of the molecule is CC[C@@H](C)[C@@H](O)C(C(=O)C(C)C)N(C)C(C)C. The Balaban J connectivity index is 5.04. The zero-order chi connectivity index (χ0) is 13.7. The molecule has 0 bridgehead atoms. The molecule has 3 atom stereocenters. The van der Waals surface area contributed by atoms with Gasteiger partial charge in [0.1, 0.15) is 0 Å². The van der Waals surface area contributed by atoms with Crippen LogP contribution in [0.4, 0.5) is 0 Å². The molecular weight excluding hydrogens is 214 g/mol. The molecule has 0 aliphatic carbocycles. The molecule has 0 amide bonds. The molecule has 102 valence electrons. The minimum absolute atomic E-state index is 0.0418. The minimum Gasteiger partial charge on any atom is -0.391 e. The molecule has 0 heterocycles. The van der Waals surface area contributed by atoms with Crippen LogP contribution in [0.25, 0.3) is 0 Å². The Bertz CT molecular complexity index is 238. The molecule has 0 aromatic carbocycles. The van der Waals surface area contributed by atoms with Crippen molar-refractivity contribution in [1.82, 2.24) is 4.90 Å². The molecule has 0 aliphatic heterocycles. The van der Waals surface area contributed by atoms with Crippen LogP contribution in [0.1, 0.15) is 48.0 Å². The number of aliphatic hydroxyl groups is 1. The van der Waals surface area contributed by atoms with Crippen LogP contribution in [0.2, 0.25) is 0 Å². The zero-order valence-electron chi connectivity index (χ0n) is 12.4. The largest absolute Gasteiger partial charge is 0.391 e. The van der Waals surface area contributed by atoms with Crippen LogP contribution in [-0.4, -0.2) is 41.0 Å². The van der Waals surface area contributed by atoms with E-state index >= 15 is 0 Å². The lowest BCUT2D eigenvalue weighted by atomic mass is 9.88. The standard InChI is InChI=1S/C14H29NO2/c1-8-11(6)14(17)12(13(16)9(2)3)15(7)10(4)5/h9-12,14,17H,8H2,1-7H3/t11-,12?,14-/m1/s1. The van der Waals surface area contributed by atoms with Gasteiger partial charge < -0.3 is 5.11 Å². The molecule has 0 spiro atoms. The Morgan fingerprint density at radius 2 is 1.65 bits per heavy atom. The van der Waals surface area contributed by atoms with Gasteiger partial charge in [-0.3, -0.25) is 9.69 Å². The van der Waals surface area contributed by atoms with Crippen LogP contribution in [0.3, 0.4) is 0 Å². The predicted molar refractivity (Wildman–Crippen MR) is 72.0 cm³/mol. The number of likely N-dealkylation sites (N-methyl/N-ethyl adjacent to an activating group) is 1. The molecule has 3 heteroatoms. The summed E-state index contributed by atoms with van der Waals surface area (Å²) in [5.74, 6) is 0.234. The van der Waals surface area contributed by atoms with Crippen molar-refractivity contribution in [3.05, 3.63) is 0 Å². The smallest absolute Gasteiger partial charge is 0.155 e. The van der Waals surface area contributed by atoms with Crippen LogP contribution < -0.4 is 0 Å². The van der Waals surface area contributed by atoms with E-state index in [9.17, 15) is 9.90 Å². The van der Waals surface area contributed by atoms with Gasteiger partial charge in [0.25, 0.3) is 0 Å². The highest BCUT2D eigenvalue weighted by molar-refractivity contribution is 5.86. The van der Waals surface area contributed by atoms with Gasteiger partial charge in [0.05, 0.1) is 12.1 Å². The number of ketones is 1. The second kappa shape index (κ2) is 7.12. The van der Waals surface area contributed by atoms with Gasteiger partial charge in [-0.2, -0.15) is 0 Å². The van der Waals surface area contributed by atoms with Gasteiger partial charge in [-0.1, -0.05) is 34.1 Å². The summed E-state index contributed by atoms with van der Waals surface area (Å²) in [6.07, 6.45) is 0.303. The number of nitrogens with zero attached hydrogens (tertiary/aromatic N) is 1. The third-order valence-corrected chi connectivity index (χ3v) is 3.66. The van der Waals surface area contributed by atoms with Crippen LogP contribution >= 0.6 is 0 Å². The number of hydrogen-bond acceptors (Lipinski definition) is 3. The van der Waals surface area contributed by atoms with E-state index in [-0.39, 0.29) is 29.7 Å². The molecule has 0 saturated heterocycles. The summed E-state index contributed by atoms with van der Waals surface area (Å²) in [4.78, 5) is 14.2. The van der Waals surface area contributed by atoms with Gasteiger partial charge in [0.15, 0.2) is 5.78 Å². The summed E-state index contributed by atoms with van der Waals surface area (Å²) >= 11 is 0. The fourth-order valence-electron chi connectivity index (χ4n) is 1.83. The number of hydrogen-bond donors (Lipinski definition) is 1. The van der Waals surface area contributed by atoms with E-state index in [1.54, 1.807) is 0 Å². The zero-order valence-corrected chi connectivity index (χ0v) is 12.4. The second-order valence-corrected chi connectivity index (χ2v) is 5.64. The van der Waals surface area contributed by atoms with Crippen molar-refractivity contribution in [2.24, 2.45) is 11.8 Å². The lowest BCUT2D eigenvalue weighted by Gasteiger charge is -2.36. The van der Waals surface area contributed by atoms with Crippen molar-refractivity contribution < 1.29 is 9.90 Å². The molecule has 0 fully saturated rings. The van der Waals surface area contributed by atoms with Crippen LogP contribution in [0.15, 0.2) is 0 Å². The minimum atomic E-state index is -0.581. The molecule has 0 aromatic heterocycles. The molecule has 1 N–H and O–H groups in total. The first kappa shape index (κ1) is 16.6. The van der Waals surface area contributed by atoms with E-state index in [4.69, 9.17) is 0 Å². The van der Waals surface area contributed by atoms with E-state index in [2.05, 4.69) is 0 Å². The molecule has 0 aromatic rings. The van der Waals surface area contributed by atoms with Gasteiger partial charge in [-0.15, -0.1) is 0 Å². The highest BCUT2D eigenvalue weighted by Crippen LogP contribution is 2.20. The molecule has 0 saturated carbocycles. The van der Waals surface area contributed by atoms with Gasteiger partial charge in [-0.25, -0.2) is 0 Å². The Labute approximate surface area is 106 Å². The van der Waals surface area contributed by atoms with E-state index in [0.717, 1.165) is 6.42 Å². The quantitative estimate of drug-likeness (QED) is 0.746. The Morgan fingerprint density at radius 3 is 1.94 bits per heavy atom. The number of carbonyl (C=O) groups excluding carboxylic acids is 1. The van der Waals surface area contributed by atoms with E-state index in [1.807, 2.05) is 53.5 Å². The van der Waals surface area contributed by atoms with Gasteiger partial charge >= 0.3 is 0 Å². The summed E-state index contributed by atoms with van der Waals surface area (Å²) < 4.78 is 0. The van der Waals surface area contributed by atoms with E-state index in [1.165, 1.54) is 0 Å². The molecular formula is C14H29NO2. The number of Topliss-reactive ketones (excluding diaryl/α,β-unsaturated/α-hetero) is 1. The average molecular weight is 243 g/mol. The fourth-order valence-corrected chi connectivity index (χ4v) is 1.83. The highest BCUT2D eigenvalue weighted by Gasteiger charge is 2.35. The number of aliphatic hydroxyl groups excluding tert-OH is 1. The predicted octanol–water partition coefficient (Wildman–Crippen LogP) is 2.33. The van der Waals surface area contributed by atoms with Crippen molar-refractivity contribution >= 4 is 5.78 Å². The lowest BCUT2D eigenvalue weighted by molar-refractivity contribution is -0.133. The highest BCUT2D eigenvalue weighted by atomic mass is 16.3. The first-order valence-corrected chi connectivity index (χ1v) is 6.67. The van der Waals surface area contributed by atoms with Crippen LogP contribution in [0.5, 0.6) is 0 Å². The normalized spacial score (nSPS) is 17.6. The average Bonchev–Trinajstić information content (AvgIpc) is 2.27.